The van der Waals surface area contributed by atoms with Gasteiger partial charge in [0, 0.05) is 31.3 Å². The zero-order valence-electron chi connectivity index (χ0n) is 17.1. The predicted molar refractivity (Wildman–Crippen MR) is 115 cm³/mol. The number of sulfonamides is 1. The minimum absolute atomic E-state index is 0.122. The lowest BCUT2D eigenvalue weighted by Gasteiger charge is -2.17. The Morgan fingerprint density at radius 1 is 1.25 bits per heavy atom. The normalized spacial score (nSPS) is 13.5. The van der Waals surface area contributed by atoms with E-state index < -0.39 is 20.7 Å². The summed E-state index contributed by atoms with van der Waals surface area (Å²) in [7, 11) is -2.22. The first-order valence-corrected chi connectivity index (χ1v) is 11.3. The number of hydrogen-bond acceptors (Lipinski definition) is 7. The molecule has 1 aliphatic rings. The molecule has 0 radical (unpaired) electrons. The van der Waals surface area contributed by atoms with Gasteiger partial charge < -0.3 is 9.32 Å². The number of anilines is 1. The first-order valence-electron chi connectivity index (χ1n) is 9.86. The average Bonchev–Trinajstić information content (AvgIpc) is 3.33. The van der Waals surface area contributed by atoms with E-state index in [0.29, 0.717) is 30.6 Å². The highest BCUT2D eigenvalue weighted by Crippen LogP contribution is 2.31. The van der Waals surface area contributed by atoms with Crippen molar-refractivity contribution < 1.29 is 22.6 Å². The molecule has 2 aromatic carbocycles. The number of carbonyl (C=O) groups is 1. The predicted octanol–water partition coefficient (Wildman–Crippen LogP) is 1.78. The molecule has 3 aromatic rings. The fourth-order valence-corrected chi connectivity index (χ4v) is 4.61. The zero-order valence-corrected chi connectivity index (χ0v) is 17.9. The van der Waals surface area contributed by atoms with E-state index in [1.165, 1.54) is 35.9 Å². The molecular formula is C20H20N4O7S. The number of fused-ring (bicyclic) bond motifs is 2. The Kier molecular flexibility index (Phi) is 5.57. The maximum Gasteiger partial charge on any atom is 0.419 e. The van der Waals surface area contributed by atoms with Crippen LogP contribution < -0.4 is 15.4 Å². The van der Waals surface area contributed by atoms with Crippen molar-refractivity contribution >= 4 is 38.4 Å². The van der Waals surface area contributed by atoms with Crippen molar-refractivity contribution in [2.75, 3.05) is 18.5 Å². The monoisotopic (exact) mass is 460 g/mol. The molecule has 0 fully saturated rings. The molecule has 0 spiro atoms. The largest absolute Gasteiger partial charge is 0.419 e. The Labute approximate surface area is 182 Å². The van der Waals surface area contributed by atoms with Crippen molar-refractivity contribution in [3.8, 4) is 0 Å². The molecule has 4 rings (SSSR count). The number of nitrogens with one attached hydrogen (secondary N) is 1. The van der Waals surface area contributed by atoms with E-state index in [1.54, 1.807) is 17.0 Å². The Bertz CT molecular complexity index is 1390. The quantitative estimate of drug-likeness (QED) is 0.418. The van der Waals surface area contributed by atoms with Crippen LogP contribution in [-0.4, -0.2) is 37.4 Å². The summed E-state index contributed by atoms with van der Waals surface area (Å²) in [6.45, 7) is 0.672. The lowest BCUT2D eigenvalue weighted by molar-refractivity contribution is -0.384. The molecule has 0 saturated carbocycles. The van der Waals surface area contributed by atoms with E-state index in [0.717, 1.165) is 5.56 Å². The summed E-state index contributed by atoms with van der Waals surface area (Å²) in [6.07, 6.45) is 1.09. The van der Waals surface area contributed by atoms with E-state index in [-0.39, 0.29) is 35.0 Å². The van der Waals surface area contributed by atoms with E-state index >= 15 is 0 Å². The minimum Gasteiger partial charge on any atom is -0.407 e. The van der Waals surface area contributed by atoms with Gasteiger partial charge in [-0.05, 0) is 49.7 Å². The Morgan fingerprint density at radius 2 is 2.03 bits per heavy atom. The van der Waals surface area contributed by atoms with E-state index in [1.807, 2.05) is 0 Å². The molecular weight excluding hydrogens is 440 g/mol. The molecule has 0 saturated heterocycles. The van der Waals surface area contributed by atoms with Crippen LogP contribution in [0.25, 0.3) is 11.1 Å². The van der Waals surface area contributed by atoms with Crippen LogP contribution in [0, 0.1) is 10.1 Å². The number of aryl methyl sites for hydroxylation is 1. The molecule has 2 heterocycles. The zero-order chi connectivity index (χ0) is 23.0. The fraction of sp³-hybridized carbons (Fsp3) is 0.300. The second-order valence-electron chi connectivity index (χ2n) is 7.33. The number of oxazole rings is 1. The highest BCUT2D eigenvalue weighted by molar-refractivity contribution is 7.89. The Balaban J connectivity index is 1.44. The third kappa shape index (κ3) is 3.89. The van der Waals surface area contributed by atoms with Crippen LogP contribution in [0.5, 0.6) is 0 Å². The highest BCUT2D eigenvalue weighted by Gasteiger charge is 2.26. The number of aromatic nitrogens is 1. The van der Waals surface area contributed by atoms with Crippen molar-refractivity contribution in [2.24, 2.45) is 0 Å². The summed E-state index contributed by atoms with van der Waals surface area (Å²) >= 11 is 0. The summed E-state index contributed by atoms with van der Waals surface area (Å²) in [5.74, 6) is -0.776. The number of nitro groups is 1. The summed E-state index contributed by atoms with van der Waals surface area (Å²) in [4.78, 5) is 37.0. The first kappa shape index (κ1) is 21.7. The SMILES string of the molecule is CNS(=O)(=O)c1ccc2c(c1)CCN2C(=O)CCCn1c(=O)oc2cc([N+](=O)[O-])ccc21. The van der Waals surface area contributed by atoms with Gasteiger partial charge in [0.15, 0.2) is 5.58 Å². The van der Waals surface area contributed by atoms with Gasteiger partial charge in [-0.1, -0.05) is 0 Å². The van der Waals surface area contributed by atoms with Gasteiger partial charge in [-0.25, -0.2) is 17.9 Å². The van der Waals surface area contributed by atoms with Crippen LogP contribution in [0.2, 0.25) is 0 Å². The molecule has 12 heteroatoms. The molecule has 0 unspecified atom stereocenters. The lowest BCUT2D eigenvalue weighted by atomic mass is 10.2. The molecule has 168 valence electrons. The molecule has 1 amide bonds. The van der Waals surface area contributed by atoms with Crippen LogP contribution in [0.1, 0.15) is 18.4 Å². The molecule has 11 nitrogen and oxygen atoms in total. The smallest absolute Gasteiger partial charge is 0.407 e. The third-order valence-corrected chi connectivity index (χ3v) is 6.87. The van der Waals surface area contributed by atoms with Crippen LogP contribution in [-0.2, 0) is 27.8 Å². The van der Waals surface area contributed by atoms with E-state index in [9.17, 15) is 28.1 Å². The van der Waals surface area contributed by atoms with E-state index in [2.05, 4.69) is 4.72 Å². The van der Waals surface area contributed by atoms with Crippen molar-refractivity contribution in [1.82, 2.24) is 9.29 Å². The Morgan fingerprint density at radius 3 is 2.75 bits per heavy atom. The average molecular weight is 460 g/mol. The van der Waals surface area contributed by atoms with Crippen LogP contribution in [0.15, 0.2) is 50.5 Å². The Hall–Kier alpha value is -3.51. The molecule has 0 atom stereocenters. The molecule has 1 N–H and O–H groups in total. The lowest BCUT2D eigenvalue weighted by Crippen LogP contribution is -2.29. The maximum atomic E-state index is 12.8. The fourth-order valence-electron chi connectivity index (χ4n) is 3.83. The van der Waals surface area contributed by atoms with E-state index in [4.69, 9.17) is 4.42 Å². The van der Waals surface area contributed by atoms with Crippen LogP contribution in [0.3, 0.4) is 0 Å². The van der Waals surface area contributed by atoms with Gasteiger partial charge in [0.25, 0.3) is 5.69 Å². The number of rotatable bonds is 7. The number of hydrogen-bond donors (Lipinski definition) is 1. The number of carbonyl (C=O) groups excluding carboxylic acids is 1. The van der Waals surface area contributed by atoms with Gasteiger partial charge in [-0.15, -0.1) is 0 Å². The first-order chi connectivity index (χ1) is 15.2. The van der Waals surface area contributed by atoms with Gasteiger partial charge in [0.1, 0.15) is 0 Å². The van der Waals surface area contributed by atoms with Gasteiger partial charge in [0.05, 0.1) is 21.4 Å². The van der Waals surface area contributed by atoms with Crippen molar-refractivity contribution in [1.29, 1.82) is 0 Å². The van der Waals surface area contributed by atoms with Crippen molar-refractivity contribution in [2.45, 2.75) is 30.7 Å². The van der Waals surface area contributed by atoms with Gasteiger partial charge in [-0.3, -0.25) is 19.5 Å². The minimum atomic E-state index is -3.56. The molecule has 1 aromatic heterocycles. The number of benzene rings is 2. The molecule has 0 aliphatic carbocycles. The second-order valence-corrected chi connectivity index (χ2v) is 9.21. The number of non-ortho nitro benzene ring substituents is 1. The van der Waals surface area contributed by atoms with Gasteiger partial charge in [-0.2, -0.15) is 0 Å². The number of amides is 1. The summed E-state index contributed by atoms with van der Waals surface area (Å²) in [6, 6.07) is 8.61. The van der Waals surface area contributed by atoms with Crippen molar-refractivity contribution in [3.63, 3.8) is 0 Å². The molecule has 0 bridgehead atoms. The van der Waals surface area contributed by atoms with Gasteiger partial charge in [0.2, 0.25) is 15.9 Å². The molecule has 1 aliphatic heterocycles. The summed E-state index contributed by atoms with van der Waals surface area (Å²) in [5, 5.41) is 10.9. The van der Waals surface area contributed by atoms with Crippen LogP contribution >= 0.6 is 0 Å². The number of nitrogens with zero attached hydrogens (tertiary/aromatic N) is 3. The highest BCUT2D eigenvalue weighted by atomic mass is 32.2. The van der Waals surface area contributed by atoms with Crippen molar-refractivity contribution in [3.05, 3.63) is 62.6 Å². The standard InChI is InChI=1S/C20H20N4O7S/c1-21-32(29,30)15-5-7-16-13(11-15)8-10-22(16)19(25)3-2-9-23-17-6-4-14(24(27)28)12-18(17)31-20(23)26/h4-7,11-12,21H,2-3,8-10H2,1H3. The summed E-state index contributed by atoms with van der Waals surface area (Å²) < 4.78 is 32.7. The topological polar surface area (TPSA) is 145 Å². The number of nitro benzene ring substituents is 1. The van der Waals surface area contributed by atoms with Gasteiger partial charge >= 0.3 is 5.76 Å². The summed E-state index contributed by atoms with van der Waals surface area (Å²) in [5.41, 5.74) is 1.85. The maximum absolute atomic E-state index is 12.8. The second kappa shape index (κ2) is 8.20. The van der Waals surface area contributed by atoms with Crippen LogP contribution in [0.4, 0.5) is 11.4 Å². The molecule has 32 heavy (non-hydrogen) atoms. The third-order valence-electron chi connectivity index (χ3n) is 5.46.